The lowest BCUT2D eigenvalue weighted by Gasteiger charge is -2.20. The van der Waals surface area contributed by atoms with Crippen LogP contribution in [-0.4, -0.2) is 37.0 Å². The van der Waals surface area contributed by atoms with Crippen molar-refractivity contribution in [3.63, 3.8) is 0 Å². The van der Waals surface area contributed by atoms with Crippen molar-refractivity contribution in [2.24, 2.45) is 0 Å². The van der Waals surface area contributed by atoms with Crippen molar-refractivity contribution in [3.8, 4) is 0 Å². The van der Waals surface area contributed by atoms with E-state index in [2.05, 4.69) is 26.1 Å². The van der Waals surface area contributed by atoms with Gasteiger partial charge in [-0.05, 0) is 26.3 Å². The van der Waals surface area contributed by atoms with Crippen LogP contribution in [-0.2, 0) is 4.74 Å². The summed E-state index contributed by atoms with van der Waals surface area (Å²) >= 11 is 0. The van der Waals surface area contributed by atoms with Crippen LogP contribution < -0.4 is 5.32 Å². The summed E-state index contributed by atoms with van der Waals surface area (Å²) in [5.41, 5.74) is 0. The molecule has 0 heterocycles. The SMILES string of the molecule is CCCCCCC(C)OCC(CCO)NCC. The van der Waals surface area contributed by atoms with Gasteiger partial charge in [-0.3, -0.25) is 0 Å². The summed E-state index contributed by atoms with van der Waals surface area (Å²) in [7, 11) is 0. The summed E-state index contributed by atoms with van der Waals surface area (Å²) in [6.07, 6.45) is 7.46. The third-order valence-electron chi connectivity index (χ3n) is 3.02. The smallest absolute Gasteiger partial charge is 0.0624 e. The van der Waals surface area contributed by atoms with Crippen molar-refractivity contribution in [2.75, 3.05) is 19.8 Å². The van der Waals surface area contributed by atoms with Gasteiger partial charge in [0.2, 0.25) is 0 Å². The fraction of sp³-hybridized carbons (Fsp3) is 1.00. The van der Waals surface area contributed by atoms with Gasteiger partial charge in [-0.2, -0.15) is 0 Å². The number of unbranched alkanes of at least 4 members (excludes halogenated alkanes) is 3. The Morgan fingerprint density at radius 3 is 2.47 bits per heavy atom. The highest BCUT2D eigenvalue weighted by atomic mass is 16.5. The molecule has 2 atom stereocenters. The van der Waals surface area contributed by atoms with E-state index >= 15 is 0 Å². The summed E-state index contributed by atoms with van der Waals surface area (Å²) in [5.74, 6) is 0. The molecule has 0 spiro atoms. The highest BCUT2D eigenvalue weighted by molar-refractivity contribution is 4.65. The summed E-state index contributed by atoms with van der Waals surface area (Å²) in [4.78, 5) is 0. The molecule has 0 aromatic carbocycles. The average Bonchev–Trinajstić information content (AvgIpc) is 2.32. The molecule has 0 amide bonds. The molecule has 0 fully saturated rings. The first kappa shape index (κ1) is 16.9. The number of hydrogen-bond acceptors (Lipinski definition) is 3. The van der Waals surface area contributed by atoms with Gasteiger partial charge >= 0.3 is 0 Å². The van der Waals surface area contributed by atoms with Gasteiger partial charge in [0.1, 0.15) is 0 Å². The molecule has 2 N–H and O–H groups in total. The first-order valence-corrected chi connectivity index (χ1v) is 7.20. The van der Waals surface area contributed by atoms with E-state index in [0.29, 0.717) is 18.8 Å². The summed E-state index contributed by atoms with van der Waals surface area (Å²) < 4.78 is 5.82. The number of ether oxygens (including phenoxy) is 1. The Morgan fingerprint density at radius 1 is 1.12 bits per heavy atom. The second kappa shape index (κ2) is 12.3. The summed E-state index contributed by atoms with van der Waals surface area (Å²) in [5, 5.41) is 12.3. The highest BCUT2D eigenvalue weighted by Crippen LogP contribution is 2.08. The fourth-order valence-corrected chi connectivity index (χ4v) is 1.91. The molecule has 0 rings (SSSR count). The topological polar surface area (TPSA) is 41.5 Å². The molecule has 0 bridgehead atoms. The Hall–Kier alpha value is -0.120. The third kappa shape index (κ3) is 10.7. The van der Waals surface area contributed by atoms with Gasteiger partial charge < -0.3 is 15.2 Å². The second-order valence-electron chi connectivity index (χ2n) is 4.76. The highest BCUT2D eigenvalue weighted by Gasteiger charge is 2.09. The molecule has 0 radical (unpaired) electrons. The van der Waals surface area contributed by atoms with Crippen LogP contribution >= 0.6 is 0 Å². The standard InChI is InChI=1S/C14H31NO2/c1-4-6-7-8-9-13(3)17-12-14(10-11-16)15-5-2/h13-16H,4-12H2,1-3H3. The molecule has 3 nitrogen and oxygen atoms in total. The minimum Gasteiger partial charge on any atom is -0.396 e. The second-order valence-corrected chi connectivity index (χ2v) is 4.76. The number of rotatable bonds is 12. The third-order valence-corrected chi connectivity index (χ3v) is 3.02. The monoisotopic (exact) mass is 245 g/mol. The summed E-state index contributed by atoms with van der Waals surface area (Å²) in [6.45, 7) is 8.33. The van der Waals surface area contributed by atoms with Crippen molar-refractivity contribution in [2.45, 2.75) is 71.4 Å². The van der Waals surface area contributed by atoms with Crippen molar-refractivity contribution in [1.29, 1.82) is 0 Å². The molecular weight excluding hydrogens is 214 g/mol. The number of nitrogens with one attached hydrogen (secondary N) is 1. The van der Waals surface area contributed by atoms with Crippen molar-refractivity contribution >= 4 is 0 Å². The normalized spacial score (nSPS) is 14.8. The molecule has 3 heteroatoms. The van der Waals surface area contributed by atoms with E-state index in [0.717, 1.165) is 19.4 Å². The lowest BCUT2D eigenvalue weighted by atomic mass is 10.1. The number of likely N-dealkylation sites (N-methyl/N-ethyl adjacent to an activating group) is 1. The molecule has 17 heavy (non-hydrogen) atoms. The number of aliphatic hydroxyl groups excluding tert-OH is 1. The quantitative estimate of drug-likeness (QED) is 0.519. The van der Waals surface area contributed by atoms with Crippen LogP contribution in [0.3, 0.4) is 0 Å². The molecule has 0 aromatic rings. The van der Waals surface area contributed by atoms with E-state index in [1.807, 2.05) is 0 Å². The molecule has 0 aromatic heterocycles. The zero-order valence-electron chi connectivity index (χ0n) is 11.9. The maximum atomic E-state index is 8.93. The van der Waals surface area contributed by atoms with Crippen LogP contribution in [0.4, 0.5) is 0 Å². The maximum Gasteiger partial charge on any atom is 0.0624 e. The van der Waals surface area contributed by atoms with Crippen LogP contribution in [0, 0.1) is 0 Å². The van der Waals surface area contributed by atoms with Gasteiger partial charge in [0.05, 0.1) is 12.7 Å². The van der Waals surface area contributed by atoms with Gasteiger partial charge in [0.15, 0.2) is 0 Å². The van der Waals surface area contributed by atoms with Gasteiger partial charge in [-0.1, -0.05) is 39.5 Å². The zero-order valence-corrected chi connectivity index (χ0v) is 11.9. The van der Waals surface area contributed by atoms with Gasteiger partial charge in [-0.15, -0.1) is 0 Å². The van der Waals surface area contributed by atoms with Gasteiger partial charge in [0, 0.05) is 12.6 Å². The Morgan fingerprint density at radius 2 is 1.88 bits per heavy atom. The Kier molecular flexibility index (Phi) is 12.3. The molecule has 0 aliphatic rings. The molecule has 104 valence electrons. The molecule has 0 saturated carbocycles. The van der Waals surface area contributed by atoms with E-state index in [4.69, 9.17) is 9.84 Å². The maximum absolute atomic E-state index is 8.93. The van der Waals surface area contributed by atoms with Crippen LogP contribution in [0.15, 0.2) is 0 Å². The van der Waals surface area contributed by atoms with Crippen LogP contribution in [0.2, 0.25) is 0 Å². The van der Waals surface area contributed by atoms with Crippen molar-refractivity contribution < 1.29 is 9.84 Å². The van der Waals surface area contributed by atoms with Crippen molar-refractivity contribution in [3.05, 3.63) is 0 Å². The Labute approximate surface area is 107 Å². The zero-order chi connectivity index (χ0) is 12.9. The first-order valence-electron chi connectivity index (χ1n) is 7.20. The molecule has 0 aliphatic heterocycles. The van der Waals surface area contributed by atoms with E-state index in [1.165, 1.54) is 25.7 Å². The largest absolute Gasteiger partial charge is 0.396 e. The first-order chi connectivity index (χ1) is 8.24. The van der Waals surface area contributed by atoms with Crippen molar-refractivity contribution in [1.82, 2.24) is 5.32 Å². The van der Waals surface area contributed by atoms with E-state index < -0.39 is 0 Å². The molecule has 0 aliphatic carbocycles. The number of hydrogen-bond donors (Lipinski definition) is 2. The number of aliphatic hydroxyl groups is 1. The minimum absolute atomic E-state index is 0.228. The molecular formula is C14H31NO2. The molecule has 0 saturated heterocycles. The van der Waals surface area contributed by atoms with Gasteiger partial charge in [-0.25, -0.2) is 0 Å². The fourth-order valence-electron chi connectivity index (χ4n) is 1.91. The van der Waals surface area contributed by atoms with Gasteiger partial charge in [0.25, 0.3) is 0 Å². The lowest BCUT2D eigenvalue weighted by Crippen LogP contribution is -2.35. The van der Waals surface area contributed by atoms with E-state index in [1.54, 1.807) is 0 Å². The predicted octanol–water partition coefficient (Wildman–Crippen LogP) is 2.72. The Bertz CT molecular complexity index is 147. The van der Waals surface area contributed by atoms with E-state index in [-0.39, 0.29) is 6.61 Å². The average molecular weight is 245 g/mol. The van der Waals surface area contributed by atoms with Crippen LogP contribution in [0.5, 0.6) is 0 Å². The predicted molar refractivity (Wildman–Crippen MR) is 73.3 cm³/mol. The summed E-state index contributed by atoms with van der Waals surface area (Å²) in [6, 6.07) is 0.295. The van der Waals surface area contributed by atoms with Crippen LogP contribution in [0.25, 0.3) is 0 Å². The minimum atomic E-state index is 0.228. The molecule has 2 unspecified atom stereocenters. The Balaban J connectivity index is 3.53. The van der Waals surface area contributed by atoms with E-state index in [9.17, 15) is 0 Å². The van der Waals surface area contributed by atoms with Crippen LogP contribution in [0.1, 0.15) is 59.3 Å². The lowest BCUT2D eigenvalue weighted by molar-refractivity contribution is 0.0387.